The van der Waals surface area contributed by atoms with E-state index in [0.717, 1.165) is 10.9 Å². The van der Waals surface area contributed by atoms with Gasteiger partial charge in [0.2, 0.25) is 0 Å². The summed E-state index contributed by atoms with van der Waals surface area (Å²) in [5.74, 6) is 0.278. The fourth-order valence-corrected chi connectivity index (χ4v) is 2.12. The van der Waals surface area contributed by atoms with Gasteiger partial charge in [0, 0.05) is 23.3 Å². The van der Waals surface area contributed by atoms with Crippen LogP contribution in [0, 0.1) is 5.82 Å². The van der Waals surface area contributed by atoms with Crippen molar-refractivity contribution in [2.24, 2.45) is 0 Å². The van der Waals surface area contributed by atoms with Crippen molar-refractivity contribution in [1.82, 2.24) is 15.3 Å². The van der Waals surface area contributed by atoms with Crippen molar-refractivity contribution in [2.45, 2.75) is 6.04 Å². The maximum absolute atomic E-state index is 13.6. The molecule has 4 nitrogen and oxygen atoms in total. The molecule has 96 valence electrons. The zero-order chi connectivity index (χ0) is 13.2. The van der Waals surface area contributed by atoms with Crippen LogP contribution in [0.4, 0.5) is 4.39 Å². The molecule has 0 saturated carbocycles. The first kappa shape index (κ1) is 11.8. The molecule has 1 atom stereocenters. The molecule has 0 spiro atoms. The number of hydrogen-bond acceptors (Lipinski definition) is 4. The van der Waals surface area contributed by atoms with Gasteiger partial charge in [-0.25, -0.2) is 14.4 Å². The molecule has 5 heteroatoms. The third-order valence-corrected chi connectivity index (χ3v) is 3.00. The van der Waals surface area contributed by atoms with E-state index in [-0.39, 0.29) is 17.4 Å². The quantitative estimate of drug-likeness (QED) is 0.783. The number of para-hydroxylation sites is 1. The highest BCUT2D eigenvalue weighted by molar-refractivity contribution is 5.78. The summed E-state index contributed by atoms with van der Waals surface area (Å²) in [4.78, 5) is 7.97. The molecule has 0 amide bonds. The van der Waals surface area contributed by atoms with Gasteiger partial charge in [-0.2, -0.15) is 0 Å². The largest absolute Gasteiger partial charge is 0.456 e. The first-order chi connectivity index (χ1) is 9.29. The molecule has 0 aliphatic heterocycles. The van der Waals surface area contributed by atoms with E-state index in [9.17, 15) is 4.39 Å². The van der Waals surface area contributed by atoms with Crippen LogP contribution in [0.25, 0.3) is 11.0 Å². The lowest BCUT2D eigenvalue weighted by molar-refractivity contribution is 0.475. The Balaban J connectivity index is 2.09. The number of furan rings is 1. The van der Waals surface area contributed by atoms with Gasteiger partial charge < -0.3 is 9.73 Å². The van der Waals surface area contributed by atoms with E-state index in [0.29, 0.717) is 5.76 Å². The molecule has 0 bridgehead atoms. The lowest BCUT2D eigenvalue weighted by atomic mass is 10.1. The van der Waals surface area contributed by atoms with Gasteiger partial charge in [0.05, 0.1) is 6.04 Å². The van der Waals surface area contributed by atoms with Crippen molar-refractivity contribution in [3.05, 3.63) is 60.1 Å². The van der Waals surface area contributed by atoms with E-state index in [1.807, 2.05) is 12.1 Å². The zero-order valence-corrected chi connectivity index (χ0v) is 10.3. The number of hydrogen-bond donors (Lipinski definition) is 1. The van der Waals surface area contributed by atoms with E-state index < -0.39 is 0 Å². The molecule has 1 unspecified atom stereocenters. The van der Waals surface area contributed by atoms with Crippen molar-refractivity contribution in [3.8, 4) is 0 Å². The summed E-state index contributed by atoms with van der Waals surface area (Å²) in [7, 11) is 1.81. The van der Waals surface area contributed by atoms with Crippen LogP contribution in [0.5, 0.6) is 0 Å². The zero-order valence-electron chi connectivity index (χ0n) is 10.3. The molecule has 0 aliphatic rings. The van der Waals surface area contributed by atoms with E-state index in [2.05, 4.69) is 15.3 Å². The Bertz CT molecular complexity index is 696. The highest BCUT2D eigenvalue weighted by Gasteiger charge is 2.18. The number of rotatable bonds is 3. The van der Waals surface area contributed by atoms with Gasteiger partial charge in [-0.3, -0.25) is 0 Å². The van der Waals surface area contributed by atoms with Crippen LogP contribution in [-0.4, -0.2) is 17.0 Å². The lowest BCUT2D eigenvalue weighted by Crippen LogP contribution is -2.17. The van der Waals surface area contributed by atoms with Crippen LogP contribution >= 0.6 is 0 Å². The number of nitrogens with one attached hydrogen (secondary N) is 1. The molecule has 0 saturated heterocycles. The Morgan fingerprint density at radius 1 is 1.26 bits per heavy atom. The second-order valence-corrected chi connectivity index (χ2v) is 4.20. The summed E-state index contributed by atoms with van der Waals surface area (Å²) in [6.07, 6.45) is 4.88. The molecule has 0 aliphatic carbocycles. The number of aromatic nitrogens is 2. The maximum Gasteiger partial charge on any atom is 0.169 e. The van der Waals surface area contributed by atoms with Crippen LogP contribution in [-0.2, 0) is 0 Å². The standard InChI is InChI=1S/C14H12FN3O/c1-16-13(10-6-17-8-18-7-10)12-5-9-3-2-4-11(15)14(9)19-12/h2-8,13,16H,1H3. The van der Waals surface area contributed by atoms with Crippen LogP contribution < -0.4 is 5.32 Å². The van der Waals surface area contributed by atoms with Crippen molar-refractivity contribution >= 4 is 11.0 Å². The van der Waals surface area contributed by atoms with E-state index in [1.165, 1.54) is 12.4 Å². The summed E-state index contributed by atoms with van der Waals surface area (Å²) < 4.78 is 19.2. The molecule has 0 fully saturated rings. The highest BCUT2D eigenvalue weighted by atomic mass is 19.1. The molecular weight excluding hydrogens is 245 g/mol. The number of halogens is 1. The van der Waals surface area contributed by atoms with Gasteiger partial charge >= 0.3 is 0 Å². The topological polar surface area (TPSA) is 51.0 Å². The summed E-state index contributed by atoms with van der Waals surface area (Å²) in [6, 6.07) is 6.49. The molecule has 19 heavy (non-hydrogen) atoms. The van der Waals surface area contributed by atoms with Gasteiger partial charge in [-0.15, -0.1) is 0 Å². The van der Waals surface area contributed by atoms with Crippen LogP contribution in [0.3, 0.4) is 0 Å². The molecule has 1 N–H and O–H groups in total. The number of benzene rings is 1. The normalized spacial score (nSPS) is 12.7. The number of fused-ring (bicyclic) bond motifs is 1. The van der Waals surface area contributed by atoms with Gasteiger partial charge in [-0.1, -0.05) is 12.1 Å². The molecule has 2 aromatic heterocycles. The minimum atomic E-state index is -0.358. The fraction of sp³-hybridized carbons (Fsp3) is 0.143. The molecule has 2 heterocycles. The Kier molecular flexibility index (Phi) is 2.97. The van der Waals surface area contributed by atoms with Crippen LogP contribution in [0.15, 0.2) is 47.4 Å². The monoisotopic (exact) mass is 257 g/mol. The lowest BCUT2D eigenvalue weighted by Gasteiger charge is -2.12. The van der Waals surface area contributed by atoms with Crippen molar-refractivity contribution in [2.75, 3.05) is 7.05 Å². The summed E-state index contributed by atoms with van der Waals surface area (Å²) in [6.45, 7) is 0. The third kappa shape index (κ3) is 2.08. The second kappa shape index (κ2) is 4.78. The molecular formula is C14H12FN3O. The average Bonchev–Trinajstić information content (AvgIpc) is 2.86. The molecule has 3 rings (SSSR count). The van der Waals surface area contributed by atoms with Crippen LogP contribution in [0.1, 0.15) is 17.4 Å². The minimum Gasteiger partial charge on any atom is -0.456 e. The third-order valence-electron chi connectivity index (χ3n) is 3.00. The molecule has 3 aromatic rings. The summed E-state index contributed by atoms with van der Waals surface area (Å²) >= 11 is 0. The van der Waals surface area contributed by atoms with Gasteiger partial charge in [0.25, 0.3) is 0 Å². The smallest absolute Gasteiger partial charge is 0.169 e. The van der Waals surface area contributed by atoms with Crippen molar-refractivity contribution in [1.29, 1.82) is 0 Å². The maximum atomic E-state index is 13.6. The van der Waals surface area contributed by atoms with Gasteiger partial charge in [0.1, 0.15) is 12.1 Å². The Morgan fingerprint density at radius 3 is 2.74 bits per heavy atom. The average molecular weight is 257 g/mol. The van der Waals surface area contributed by atoms with Crippen LogP contribution in [0.2, 0.25) is 0 Å². The van der Waals surface area contributed by atoms with Gasteiger partial charge in [-0.05, 0) is 19.2 Å². The minimum absolute atomic E-state index is 0.201. The fourth-order valence-electron chi connectivity index (χ4n) is 2.12. The summed E-state index contributed by atoms with van der Waals surface area (Å²) in [5.41, 5.74) is 1.14. The first-order valence-corrected chi connectivity index (χ1v) is 5.89. The summed E-state index contributed by atoms with van der Waals surface area (Å²) in [5, 5.41) is 3.86. The predicted octanol–water partition coefficient (Wildman–Crippen LogP) is 2.67. The molecule has 1 aromatic carbocycles. The van der Waals surface area contributed by atoms with E-state index >= 15 is 0 Å². The second-order valence-electron chi connectivity index (χ2n) is 4.20. The van der Waals surface area contributed by atoms with Crippen molar-refractivity contribution in [3.63, 3.8) is 0 Å². The SMILES string of the molecule is CNC(c1cncnc1)c1cc2cccc(F)c2o1. The number of nitrogens with zero attached hydrogens (tertiary/aromatic N) is 2. The first-order valence-electron chi connectivity index (χ1n) is 5.89. The predicted molar refractivity (Wildman–Crippen MR) is 69.1 cm³/mol. The van der Waals surface area contributed by atoms with Gasteiger partial charge in [0.15, 0.2) is 11.4 Å². The van der Waals surface area contributed by atoms with E-state index in [4.69, 9.17) is 4.42 Å². The Labute approximate surface area is 109 Å². The highest BCUT2D eigenvalue weighted by Crippen LogP contribution is 2.28. The Morgan fingerprint density at radius 2 is 2.05 bits per heavy atom. The van der Waals surface area contributed by atoms with Crippen molar-refractivity contribution < 1.29 is 8.81 Å². The molecule has 0 radical (unpaired) electrons. The van der Waals surface area contributed by atoms with E-state index in [1.54, 1.807) is 25.5 Å². The Hall–Kier alpha value is -2.27.